The highest BCUT2D eigenvalue weighted by molar-refractivity contribution is 5.73. The molecule has 0 radical (unpaired) electrons. The van der Waals surface area contributed by atoms with Gasteiger partial charge in [0.05, 0.1) is 0 Å². The summed E-state index contributed by atoms with van der Waals surface area (Å²) in [6, 6.07) is 24.5. The standard InChI is InChI=1S/C24H24O4/c1-17(2)21-10-6-7-11-22(21)28-23(24(25)26)16-18-12-14-20(15-13-18)27-19-8-4-3-5-9-19/h3-15,17,23H,16H2,1-2H3,(H,25,26)/t23-/m0/s1. The first-order valence-electron chi connectivity index (χ1n) is 9.33. The number of aliphatic carboxylic acids is 1. The third-order valence-electron chi connectivity index (χ3n) is 4.41. The molecule has 3 rings (SSSR count). The molecule has 0 unspecified atom stereocenters. The molecular formula is C24H24O4. The molecule has 0 aliphatic carbocycles. The molecule has 144 valence electrons. The highest BCUT2D eigenvalue weighted by atomic mass is 16.5. The lowest BCUT2D eigenvalue weighted by atomic mass is 10.0. The van der Waals surface area contributed by atoms with Crippen molar-refractivity contribution in [2.24, 2.45) is 0 Å². The number of benzene rings is 3. The molecule has 0 saturated heterocycles. The largest absolute Gasteiger partial charge is 0.478 e. The lowest BCUT2D eigenvalue weighted by molar-refractivity contribution is -0.145. The smallest absolute Gasteiger partial charge is 0.345 e. The van der Waals surface area contributed by atoms with Crippen LogP contribution in [0.15, 0.2) is 78.9 Å². The molecule has 0 saturated carbocycles. The monoisotopic (exact) mass is 376 g/mol. The van der Waals surface area contributed by atoms with Gasteiger partial charge in [-0.15, -0.1) is 0 Å². The summed E-state index contributed by atoms with van der Waals surface area (Å²) < 4.78 is 11.6. The predicted octanol–water partition coefficient (Wildman–Crippen LogP) is 5.68. The van der Waals surface area contributed by atoms with Gasteiger partial charge in [0.1, 0.15) is 17.2 Å². The van der Waals surface area contributed by atoms with Crippen LogP contribution in [0, 0.1) is 0 Å². The fourth-order valence-corrected chi connectivity index (χ4v) is 2.93. The van der Waals surface area contributed by atoms with Crippen molar-refractivity contribution in [2.45, 2.75) is 32.3 Å². The first kappa shape index (κ1) is 19.5. The molecular weight excluding hydrogens is 352 g/mol. The average Bonchev–Trinajstić information content (AvgIpc) is 2.70. The zero-order valence-corrected chi connectivity index (χ0v) is 16.0. The number of carbonyl (C=O) groups is 1. The van der Waals surface area contributed by atoms with E-state index in [1.165, 1.54) is 0 Å². The number of carboxylic acid groups (broad SMARTS) is 1. The fraction of sp³-hybridized carbons (Fsp3) is 0.208. The zero-order chi connectivity index (χ0) is 19.9. The van der Waals surface area contributed by atoms with E-state index in [0.29, 0.717) is 11.5 Å². The number of hydrogen-bond acceptors (Lipinski definition) is 3. The Hall–Kier alpha value is -3.27. The molecule has 0 aromatic heterocycles. The zero-order valence-electron chi connectivity index (χ0n) is 16.0. The van der Waals surface area contributed by atoms with E-state index in [1.807, 2.05) is 78.9 Å². The summed E-state index contributed by atoms with van der Waals surface area (Å²) in [5, 5.41) is 9.63. The number of carboxylic acids is 1. The summed E-state index contributed by atoms with van der Waals surface area (Å²) in [4.78, 5) is 11.7. The van der Waals surface area contributed by atoms with Crippen molar-refractivity contribution in [1.29, 1.82) is 0 Å². The molecule has 0 aliphatic heterocycles. The van der Waals surface area contributed by atoms with Crippen LogP contribution in [0.1, 0.15) is 30.9 Å². The van der Waals surface area contributed by atoms with Gasteiger partial charge in [-0.2, -0.15) is 0 Å². The van der Waals surface area contributed by atoms with Crippen LogP contribution in [-0.4, -0.2) is 17.2 Å². The second-order valence-corrected chi connectivity index (χ2v) is 6.90. The molecule has 28 heavy (non-hydrogen) atoms. The van der Waals surface area contributed by atoms with Gasteiger partial charge >= 0.3 is 5.97 Å². The van der Waals surface area contributed by atoms with Gasteiger partial charge in [-0.3, -0.25) is 0 Å². The van der Waals surface area contributed by atoms with Gasteiger partial charge in [0, 0.05) is 6.42 Å². The number of rotatable bonds is 8. The van der Waals surface area contributed by atoms with E-state index in [0.717, 1.165) is 16.9 Å². The van der Waals surface area contributed by atoms with Crippen molar-refractivity contribution in [3.63, 3.8) is 0 Å². The van der Waals surface area contributed by atoms with E-state index in [4.69, 9.17) is 9.47 Å². The minimum atomic E-state index is -0.983. The second-order valence-electron chi connectivity index (χ2n) is 6.90. The van der Waals surface area contributed by atoms with Crippen LogP contribution in [-0.2, 0) is 11.2 Å². The number of hydrogen-bond donors (Lipinski definition) is 1. The molecule has 0 spiro atoms. The Morgan fingerprint density at radius 1 is 0.857 bits per heavy atom. The normalized spacial score (nSPS) is 11.8. The minimum Gasteiger partial charge on any atom is -0.478 e. The van der Waals surface area contributed by atoms with Crippen molar-refractivity contribution in [1.82, 2.24) is 0 Å². The molecule has 0 amide bonds. The van der Waals surface area contributed by atoms with E-state index in [9.17, 15) is 9.90 Å². The first-order chi connectivity index (χ1) is 13.5. The first-order valence-corrected chi connectivity index (χ1v) is 9.33. The molecule has 3 aromatic rings. The van der Waals surface area contributed by atoms with E-state index in [1.54, 1.807) is 0 Å². The third kappa shape index (κ3) is 5.13. The molecule has 0 fully saturated rings. The Bertz CT molecular complexity index is 901. The van der Waals surface area contributed by atoms with Crippen LogP contribution in [0.3, 0.4) is 0 Å². The Labute approximate surface area is 165 Å². The summed E-state index contributed by atoms with van der Waals surface area (Å²) in [6.07, 6.45) is -0.686. The Morgan fingerprint density at radius 2 is 1.46 bits per heavy atom. The highest BCUT2D eigenvalue weighted by Gasteiger charge is 2.22. The molecule has 0 bridgehead atoms. The van der Waals surface area contributed by atoms with Crippen molar-refractivity contribution in [2.75, 3.05) is 0 Å². The molecule has 1 atom stereocenters. The topological polar surface area (TPSA) is 55.8 Å². The maximum atomic E-state index is 11.7. The molecule has 4 nitrogen and oxygen atoms in total. The van der Waals surface area contributed by atoms with Gasteiger partial charge in [0.15, 0.2) is 6.10 Å². The van der Waals surface area contributed by atoms with Crippen LogP contribution in [0.5, 0.6) is 17.2 Å². The average molecular weight is 376 g/mol. The van der Waals surface area contributed by atoms with Crippen LogP contribution in [0.4, 0.5) is 0 Å². The Kier molecular flexibility index (Phi) is 6.33. The number of ether oxygens (including phenoxy) is 2. The van der Waals surface area contributed by atoms with Crippen molar-refractivity contribution in [3.05, 3.63) is 90.0 Å². The van der Waals surface area contributed by atoms with Crippen LogP contribution in [0.2, 0.25) is 0 Å². The molecule has 0 aliphatic rings. The molecule has 0 heterocycles. The lowest BCUT2D eigenvalue weighted by Gasteiger charge is -2.19. The lowest BCUT2D eigenvalue weighted by Crippen LogP contribution is -2.29. The summed E-state index contributed by atoms with van der Waals surface area (Å²) in [5.74, 6) is 1.34. The van der Waals surface area contributed by atoms with Gasteiger partial charge in [-0.05, 0) is 47.4 Å². The SMILES string of the molecule is CC(C)c1ccccc1O[C@@H](Cc1ccc(Oc2ccccc2)cc1)C(=O)O. The van der Waals surface area contributed by atoms with Gasteiger partial charge in [-0.1, -0.05) is 62.4 Å². The molecule has 1 N–H and O–H groups in total. The van der Waals surface area contributed by atoms with Gasteiger partial charge in [0.2, 0.25) is 0 Å². The van der Waals surface area contributed by atoms with E-state index in [-0.39, 0.29) is 12.3 Å². The summed E-state index contributed by atoms with van der Waals surface area (Å²) in [7, 11) is 0. The fourth-order valence-electron chi connectivity index (χ4n) is 2.93. The van der Waals surface area contributed by atoms with E-state index >= 15 is 0 Å². The van der Waals surface area contributed by atoms with Crippen LogP contribution in [0.25, 0.3) is 0 Å². The van der Waals surface area contributed by atoms with Crippen molar-refractivity contribution >= 4 is 5.97 Å². The molecule has 4 heteroatoms. The maximum Gasteiger partial charge on any atom is 0.345 e. The quantitative estimate of drug-likeness (QED) is 0.550. The van der Waals surface area contributed by atoms with Gasteiger partial charge in [0.25, 0.3) is 0 Å². The van der Waals surface area contributed by atoms with Crippen LogP contribution >= 0.6 is 0 Å². The Morgan fingerprint density at radius 3 is 2.11 bits per heavy atom. The van der Waals surface area contributed by atoms with E-state index in [2.05, 4.69) is 13.8 Å². The predicted molar refractivity (Wildman–Crippen MR) is 109 cm³/mol. The maximum absolute atomic E-state index is 11.7. The number of para-hydroxylation sites is 2. The summed E-state index contributed by atoms with van der Waals surface area (Å²) >= 11 is 0. The van der Waals surface area contributed by atoms with E-state index < -0.39 is 12.1 Å². The molecule has 3 aromatic carbocycles. The Balaban J connectivity index is 1.70. The minimum absolute atomic E-state index is 0.250. The van der Waals surface area contributed by atoms with Crippen molar-refractivity contribution < 1.29 is 19.4 Å². The summed E-state index contributed by atoms with van der Waals surface area (Å²) in [6.45, 7) is 4.12. The van der Waals surface area contributed by atoms with Gasteiger partial charge in [-0.25, -0.2) is 4.79 Å². The van der Waals surface area contributed by atoms with Gasteiger partial charge < -0.3 is 14.6 Å². The second kappa shape index (κ2) is 9.09. The van der Waals surface area contributed by atoms with Crippen LogP contribution < -0.4 is 9.47 Å². The third-order valence-corrected chi connectivity index (χ3v) is 4.41. The van der Waals surface area contributed by atoms with Crippen molar-refractivity contribution in [3.8, 4) is 17.2 Å². The summed E-state index contributed by atoms with van der Waals surface area (Å²) in [5.41, 5.74) is 1.87. The highest BCUT2D eigenvalue weighted by Crippen LogP contribution is 2.28.